The molecule has 5 nitrogen and oxygen atoms in total. The third-order valence-corrected chi connectivity index (χ3v) is 5.36. The maximum atomic E-state index is 5.11. The van der Waals surface area contributed by atoms with E-state index in [0.29, 0.717) is 13.2 Å². The van der Waals surface area contributed by atoms with Crippen LogP contribution in [0.15, 0.2) is 53.9 Å². The van der Waals surface area contributed by atoms with Gasteiger partial charge in [-0.2, -0.15) is 5.10 Å². The normalized spacial score (nSPS) is 11.3. The minimum absolute atomic E-state index is 0.326. The van der Waals surface area contributed by atoms with E-state index in [-0.39, 0.29) is 0 Å². The number of thiazole rings is 1. The zero-order valence-corrected chi connectivity index (χ0v) is 17.0. The Hall–Kier alpha value is -1.81. The molecule has 2 aromatic heterocycles. The zero-order chi connectivity index (χ0) is 17.9. The van der Waals surface area contributed by atoms with Crippen molar-refractivity contribution in [1.29, 1.82) is 0 Å². The van der Waals surface area contributed by atoms with Crippen molar-refractivity contribution in [2.45, 2.75) is 13.5 Å². The summed E-state index contributed by atoms with van der Waals surface area (Å²) in [5.74, 6) is 0. The van der Waals surface area contributed by atoms with Crippen molar-refractivity contribution in [1.82, 2.24) is 14.8 Å². The van der Waals surface area contributed by atoms with E-state index in [1.165, 1.54) is 0 Å². The Morgan fingerprint density at radius 1 is 1.12 bits per heavy atom. The Bertz CT molecular complexity index is 1030. The first-order valence-corrected chi connectivity index (χ1v) is 10.1. The van der Waals surface area contributed by atoms with Gasteiger partial charge in [-0.3, -0.25) is 0 Å². The van der Waals surface area contributed by atoms with Crippen molar-refractivity contribution in [3.8, 4) is 16.4 Å². The van der Waals surface area contributed by atoms with Gasteiger partial charge in [0.05, 0.1) is 17.8 Å². The average molecular weight is 477 g/mol. The topological polar surface area (TPSA) is 49.2 Å². The quantitative estimate of drug-likeness (QED) is 0.165. The summed E-state index contributed by atoms with van der Waals surface area (Å²) in [4.78, 5) is 14.7. The first-order chi connectivity index (χ1) is 12.8. The standard InChI is InChI=1S/C19H16IN3O2S/c1-2-24-25-11-15-12-26-19(21-15)23-17-10-14(20)8-9-16(17)18(22-23)13-6-4-3-5-7-13/h3-10,12H,2,11H2,1H3. The van der Waals surface area contributed by atoms with E-state index in [1.54, 1.807) is 11.3 Å². The van der Waals surface area contributed by atoms with Crippen molar-refractivity contribution in [3.63, 3.8) is 0 Å². The van der Waals surface area contributed by atoms with Crippen LogP contribution in [-0.2, 0) is 16.4 Å². The molecule has 0 atom stereocenters. The van der Waals surface area contributed by atoms with E-state index in [1.807, 2.05) is 35.2 Å². The van der Waals surface area contributed by atoms with Gasteiger partial charge in [0.2, 0.25) is 5.13 Å². The Kier molecular flexibility index (Phi) is 5.30. The molecule has 26 heavy (non-hydrogen) atoms. The van der Waals surface area contributed by atoms with Crippen molar-refractivity contribution in [3.05, 3.63) is 63.2 Å². The highest BCUT2D eigenvalue weighted by Gasteiger charge is 2.16. The van der Waals surface area contributed by atoms with Crippen molar-refractivity contribution in [2.75, 3.05) is 6.61 Å². The summed E-state index contributed by atoms with van der Waals surface area (Å²) >= 11 is 3.86. The molecule has 0 N–H and O–H groups in total. The van der Waals surface area contributed by atoms with Gasteiger partial charge < -0.3 is 0 Å². The average Bonchev–Trinajstić information content (AvgIpc) is 3.27. The molecule has 0 aliphatic heterocycles. The molecular weight excluding hydrogens is 461 g/mol. The molecule has 0 aliphatic carbocycles. The lowest BCUT2D eigenvalue weighted by Crippen LogP contribution is -1.98. The number of rotatable bonds is 6. The molecule has 0 aliphatic rings. The van der Waals surface area contributed by atoms with Crippen LogP contribution in [0, 0.1) is 3.57 Å². The van der Waals surface area contributed by atoms with Crippen LogP contribution in [0.25, 0.3) is 27.3 Å². The molecule has 4 rings (SSSR count). The summed E-state index contributed by atoms with van der Waals surface area (Å²) in [5, 5.41) is 8.76. The molecule has 0 unspecified atom stereocenters. The van der Waals surface area contributed by atoms with Crippen molar-refractivity contribution in [2.24, 2.45) is 0 Å². The van der Waals surface area contributed by atoms with Gasteiger partial charge in [0.1, 0.15) is 12.3 Å². The molecule has 0 bridgehead atoms. The molecule has 0 radical (unpaired) electrons. The lowest BCUT2D eigenvalue weighted by Gasteiger charge is -1.99. The van der Waals surface area contributed by atoms with E-state index in [0.717, 1.165) is 36.6 Å². The highest BCUT2D eigenvalue weighted by Crippen LogP contribution is 2.31. The van der Waals surface area contributed by atoms with Crippen LogP contribution < -0.4 is 0 Å². The summed E-state index contributed by atoms with van der Waals surface area (Å²) in [6.45, 7) is 2.72. The Balaban J connectivity index is 1.79. The van der Waals surface area contributed by atoms with Crippen LogP contribution in [0.1, 0.15) is 12.6 Å². The van der Waals surface area contributed by atoms with Crippen molar-refractivity contribution < 1.29 is 9.78 Å². The van der Waals surface area contributed by atoms with E-state index >= 15 is 0 Å². The second kappa shape index (κ2) is 7.83. The van der Waals surface area contributed by atoms with Crippen LogP contribution in [0.3, 0.4) is 0 Å². The zero-order valence-electron chi connectivity index (χ0n) is 14.1. The highest BCUT2D eigenvalue weighted by molar-refractivity contribution is 14.1. The molecule has 0 fully saturated rings. The molecule has 4 aromatic rings. The van der Waals surface area contributed by atoms with E-state index in [9.17, 15) is 0 Å². The number of nitrogens with zero attached hydrogens (tertiary/aromatic N) is 3. The lowest BCUT2D eigenvalue weighted by molar-refractivity contribution is -0.301. The van der Waals surface area contributed by atoms with E-state index < -0.39 is 0 Å². The minimum Gasteiger partial charge on any atom is -0.237 e. The highest BCUT2D eigenvalue weighted by atomic mass is 127. The number of hydrogen-bond donors (Lipinski definition) is 0. The summed E-state index contributed by atoms with van der Waals surface area (Å²) in [7, 11) is 0. The van der Waals surface area contributed by atoms with Crippen LogP contribution >= 0.6 is 33.9 Å². The fourth-order valence-corrected chi connectivity index (χ4v) is 3.93. The monoisotopic (exact) mass is 477 g/mol. The number of hydrogen-bond acceptors (Lipinski definition) is 5. The van der Waals surface area contributed by atoms with Gasteiger partial charge in [0.15, 0.2) is 0 Å². The van der Waals surface area contributed by atoms with Crippen LogP contribution in [-0.4, -0.2) is 21.4 Å². The van der Waals surface area contributed by atoms with Gasteiger partial charge in [-0.15, -0.1) is 11.3 Å². The first-order valence-electron chi connectivity index (χ1n) is 8.19. The molecule has 2 heterocycles. The number of benzene rings is 2. The number of halogens is 1. The summed E-state index contributed by atoms with van der Waals surface area (Å²) in [6.07, 6.45) is 0. The summed E-state index contributed by atoms with van der Waals surface area (Å²) in [6, 6.07) is 16.6. The Labute approximate surface area is 168 Å². The van der Waals surface area contributed by atoms with Crippen molar-refractivity contribution >= 4 is 44.8 Å². The predicted octanol–water partition coefficient (Wildman–Crippen LogP) is 5.22. The van der Waals surface area contributed by atoms with Crippen LogP contribution in [0.4, 0.5) is 0 Å². The minimum atomic E-state index is 0.326. The molecular formula is C19H16IN3O2S. The molecule has 2 aromatic carbocycles. The largest absolute Gasteiger partial charge is 0.237 e. The smallest absolute Gasteiger partial charge is 0.211 e. The first kappa shape index (κ1) is 17.6. The van der Waals surface area contributed by atoms with Gasteiger partial charge in [-0.1, -0.05) is 30.3 Å². The second-order valence-corrected chi connectivity index (χ2v) is 7.66. The molecule has 0 spiro atoms. The SMILES string of the molecule is CCOOCc1csc(-n2nc(-c3ccccc3)c3ccc(I)cc32)n1. The van der Waals surface area contributed by atoms with Gasteiger partial charge in [-0.05, 0) is 47.7 Å². The number of aromatic nitrogens is 3. The fraction of sp³-hybridized carbons (Fsp3) is 0.158. The number of fused-ring (bicyclic) bond motifs is 1. The molecule has 0 saturated carbocycles. The second-order valence-electron chi connectivity index (χ2n) is 5.58. The Morgan fingerprint density at radius 3 is 2.77 bits per heavy atom. The molecule has 0 amide bonds. The summed E-state index contributed by atoms with van der Waals surface area (Å²) < 4.78 is 3.07. The van der Waals surface area contributed by atoms with E-state index in [4.69, 9.17) is 14.9 Å². The maximum Gasteiger partial charge on any atom is 0.211 e. The van der Waals surface area contributed by atoms with Gasteiger partial charge in [0, 0.05) is 19.9 Å². The predicted molar refractivity (Wildman–Crippen MR) is 111 cm³/mol. The lowest BCUT2D eigenvalue weighted by atomic mass is 10.1. The molecule has 0 saturated heterocycles. The van der Waals surface area contributed by atoms with Crippen LogP contribution in [0.2, 0.25) is 0 Å². The Morgan fingerprint density at radius 2 is 1.96 bits per heavy atom. The summed E-state index contributed by atoms with van der Waals surface area (Å²) in [5.41, 5.74) is 3.92. The van der Waals surface area contributed by atoms with Gasteiger partial charge in [-0.25, -0.2) is 19.4 Å². The molecule has 7 heteroatoms. The van der Waals surface area contributed by atoms with E-state index in [2.05, 4.69) is 57.9 Å². The van der Waals surface area contributed by atoms with Crippen LogP contribution in [0.5, 0.6) is 0 Å². The van der Waals surface area contributed by atoms with Gasteiger partial charge >= 0.3 is 0 Å². The third kappa shape index (κ3) is 3.52. The fourth-order valence-electron chi connectivity index (χ4n) is 2.69. The third-order valence-electron chi connectivity index (χ3n) is 3.82. The van der Waals surface area contributed by atoms with Gasteiger partial charge in [0.25, 0.3) is 0 Å². The molecule has 132 valence electrons. The maximum absolute atomic E-state index is 5.11.